The number of rotatable bonds is 5. The molecule has 1 saturated heterocycles. The first-order valence-electron chi connectivity index (χ1n) is 9.56. The van der Waals surface area contributed by atoms with Crippen molar-refractivity contribution in [2.45, 2.75) is 25.4 Å². The quantitative estimate of drug-likeness (QED) is 0.540. The topological polar surface area (TPSA) is 105 Å². The number of hydrogen-bond donors (Lipinski definition) is 2. The van der Waals surface area contributed by atoms with E-state index in [2.05, 4.69) is 35.1 Å². The summed E-state index contributed by atoms with van der Waals surface area (Å²) in [7, 11) is 0. The van der Waals surface area contributed by atoms with Crippen LogP contribution in [0.2, 0.25) is 0 Å². The van der Waals surface area contributed by atoms with Gasteiger partial charge in [-0.15, -0.1) is 0 Å². The highest BCUT2D eigenvalue weighted by Crippen LogP contribution is 2.24. The smallest absolute Gasteiger partial charge is 0.243 e. The van der Waals surface area contributed by atoms with Crippen molar-refractivity contribution in [2.24, 2.45) is 0 Å². The lowest BCUT2D eigenvalue weighted by atomic mass is 10.1. The minimum atomic E-state index is -0.239. The van der Waals surface area contributed by atoms with Crippen molar-refractivity contribution in [3.05, 3.63) is 61.1 Å². The maximum absolute atomic E-state index is 12.9. The standard InChI is InChI=1S/C20H20N8O/c29-19(23-11-14-3-4-15-16(10-14)25-12-24-15)17-2-1-8-28(17)18-5-6-22-20(26-18)27-9-7-21-13-27/h3-7,9-10,12-13,17H,1-2,8,11H2,(H,23,29)(H,24,25)/t17-/m1/s1. The van der Waals surface area contributed by atoms with Crippen LogP contribution >= 0.6 is 0 Å². The van der Waals surface area contributed by atoms with E-state index < -0.39 is 0 Å². The molecule has 1 atom stereocenters. The normalized spacial score (nSPS) is 16.4. The van der Waals surface area contributed by atoms with Gasteiger partial charge in [0.05, 0.1) is 17.4 Å². The fourth-order valence-electron chi connectivity index (χ4n) is 3.71. The van der Waals surface area contributed by atoms with E-state index in [0.717, 1.165) is 41.8 Å². The first-order valence-corrected chi connectivity index (χ1v) is 9.56. The number of hydrogen-bond acceptors (Lipinski definition) is 6. The highest BCUT2D eigenvalue weighted by molar-refractivity contribution is 5.85. The molecule has 0 unspecified atom stereocenters. The van der Waals surface area contributed by atoms with E-state index in [1.54, 1.807) is 35.8 Å². The Morgan fingerprint density at radius 2 is 2.21 bits per heavy atom. The number of imidazole rings is 2. The van der Waals surface area contributed by atoms with E-state index in [-0.39, 0.29) is 11.9 Å². The van der Waals surface area contributed by atoms with Crippen molar-refractivity contribution < 1.29 is 4.79 Å². The van der Waals surface area contributed by atoms with Crippen LogP contribution in [0.3, 0.4) is 0 Å². The predicted octanol–water partition coefficient (Wildman–Crippen LogP) is 1.82. The van der Waals surface area contributed by atoms with Crippen molar-refractivity contribution in [1.82, 2.24) is 34.8 Å². The minimum absolute atomic E-state index is 0.00926. The maximum atomic E-state index is 12.9. The predicted molar refractivity (Wildman–Crippen MR) is 107 cm³/mol. The fourth-order valence-corrected chi connectivity index (χ4v) is 3.71. The summed E-state index contributed by atoms with van der Waals surface area (Å²) in [5, 5.41) is 3.07. The number of aromatic nitrogens is 6. The van der Waals surface area contributed by atoms with Gasteiger partial charge < -0.3 is 15.2 Å². The molecule has 1 amide bonds. The second-order valence-corrected chi connectivity index (χ2v) is 7.01. The first-order chi connectivity index (χ1) is 14.3. The van der Waals surface area contributed by atoms with Crippen LogP contribution in [0.1, 0.15) is 18.4 Å². The molecule has 1 fully saturated rings. The molecule has 1 aliphatic heterocycles. The van der Waals surface area contributed by atoms with Crippen molar-refractivity contribution >= 4 is 22.8 Å². The highest BCUT2D eigenvalue weighted by atomic mass is 16.2. The van der Waals surface area contributed by atoms with Gasteiger partial charge >= 0.3 is 0 Å². The molecule has 0 spiro atoms. The summed E-state index contributed by atoms with van der Waals surface area (Å²) in [5.74, 6) is 1.30. The Balaban J connectivity index is 1.30. The molecule has 4 heterocycles. The van der Waals surface area contributed by atoms with Gasteiger partial charge in [0.1, 0.15) is 18.2 Å². The third-order valence-electron chi connectivity index (χ3n) is 5.16. The number of anilines is 1. The number of benzene rings is 1. The zero-order valence-corrected chi connectivity index (χ0v) is 15.7. The second-order valence-electron chi connectivity index (χ2n) is 7.01. The number of carbonyl (C=O) groups is 1. The van der Waals surface area contributed by atoms with Gasteiger partial charge in [0.2, 0.25) is 11.9 Å². The molecule has 29 heavy (non-hydrogen) atoms. The van der Waals surface area contributed by atoms with E-state index in [1.165, 1.54) is 0 Å². The molecule has 0 saturated carbocycles. The van der Waals surface area contributed by atoms with Crippen LogP contribution < -0.4 is 10.2 Å². The summed E-state index contributed by atoms with van der Waals surface area (Å²) in [6.45, 7) is 1.26. The Labute approximate surface area is 166 Å². The third kappa shape index (κ3) is 3.42. The van der Waals surface area contributed by atoms with Crippen LogP contribution in [-0.2, 0) is 11.3 Å². The summed E-state index contributed by atoms with van der Waals surface area (Å²) in [6.07, 6.45) is 10.3. The number of nitrogens with one attached hydrogen (secondary N) is 2. The van der Waals surface area contributed by atoms with Gasteiger partial charge in [0.15, 0.2) is 0 Å². The molecule has 2 N–H and O–H groups in total. The van der Waals surface area contributed by atoms with Gasteiger partial charge in [-0.3, -0.25) is 9.36 Å². The first kappa shape index (κ1) is 17.4. The van der Waals surface area contributed by atoms with Crippen LogP contribution in [0.15, 0.2) is 55.5 Å². The zero-order valence-electron chi connectivity index (χ0n) is 15.7. The molecule has 9 heteroatoms. The van der Waals surface area contributed by atoms with Crippen LogP contribution in [-0.4, -0.2) is 48.0 Å². The third-order valence-corrected chi connectivity index (χ3v) is 5.16. The SMILES string of the molecule is O=C(NCc1ccc2nc[nH]c2c1)[C@H]1CCCN1c1ccnc(-n2ccnc2)n1. The van der Waals surface area contributed by atoms with Gasteiger partial charge in [-0.2, -0.15) is 4.98 Å². The number of H-pyrrole nitrogens is 1. The van der Waals surface area contributed by atoms with Crippen molar-refractivity contribution in [2.75, 3.05) is 11.4 Å². The molecule has 5 rings (SSSR count). The van der Waals surface area contributed by atoms with Crippen LogP contribution in [0.25, 0.3) is 17.0 Å². The Hall–Kier alpha value is -3.75. The fraction of sp³-hybridized carbons (Fsp3) is 0.250. The molecule has 146 valence electrons. The van der Waals surface area contributed by atoms with Gasteiger partial charge in [-0.25, -0.2) is 15.0 Å². The molecule has 0 radical (unpaired) electrons. The number of amides is 1. The average Bonchev–Trinajstić information content (AvgIpc) is 3.53. The van der Waals surface area contributed by atoms with Crippen molar-refractivity contribution in [3.8, 4) is 5.95 Å². The largest absolute Gasteiger partial charge is 0.350 e. The van der Waals surface area contributed by atoms with Gasteiger partial charge in [-0.05, 0) is 36.6 Å². The molecule has 1 aliphatic rings. The summed E-state index contributed by atoms with van der Waals surface area (Å²) in [5.41, 5.74) is 2.91. The molecule has 9 nitrogen and oxygen atoms in total. The molecule has 0 aliphatic carbocycles. The number of aromatic amines is 1. The van der Waals surface area contributed by atoms with Gasteiger partial charge in [0.25, 0.3) is 0 Å². The van der Waals surface area contributed by atoms with E-state index in [4.69, 9.17) is 0 Å². The lowest BCUT2D eigenvalue weighted by molar-refractivity contribution is -0.122. The summed E-state index contributed by atoms with van der Waals surface area (Å²) in [4.78, 5) is 35.2. The molecule has 0 bridgehead atoms. The van der Waals surface area contributed by atoms with Crippen LogP contribution in [0, 0.1) is 0 Å². The van der Waals surface area contributed by atoms with Crippen LogP contribution in [0.5, 0.6) is 0 Å². The maximum Gasteiger partial charge on any atom is 0.243 e. The average molecular weight is 388 g/mol. The summed E-state index contributed by atoms with van der Waals surface area (Å²) in [6, 6.07) is 7.55. The Morgan fingerprint density at radius 3 is 3.10 bits per heavy atom. The lowest BCUT2D eigenvalue weighted by Crippen LogP contribution is -2.43. The second kappa shape index (κ2) is 7.34. The van der Waals surface area contributed by atoms with Crippen LogP contribution in [0.4, 0.5) is 5.82 Å². The minimum Gasteiger partial charge on any atom is -0.350 e. The zero-order chi connectivity index (χ0) is 19.6. The lowest BCUT2D eigenvalue weighted by Gasteiger charge is -2.25. The highest BCUT2D eigenvalue weighted by Gasteiger charge is 2.31. The van der Waals surface area contributed by atoms with E-state index in [9.17, 15) is 4.79 Å². The summed E-state index contributed by atoms with van der Waals surface area (Å²) >= 11 is 0. The molecule has 3 aromatic heterocycles. The van der Waals surface area contributed by atoms with Crippen molar-refractivity contribution in [3.63, 3.8) is 0 Å². The Morgan fingerprint density at radius 1 is 1.24 bits per heavy atom. The molecule has 1 aromatic carbocycles. The summed E-state index contributed by atoms with van der Waals surface area (Å²) < 4.78 is 1.75. The Kier molecular flexibility index (Phi) is 4.39. The van der Waals surface area contributed by atoms with Gasteiger partial charge in [0, 0.05) is 31.7 Å². The van der Waals surface area contributed by atoms with Crippen molar-refractivity contribution in [1.29, 1.82) is 0 Å². The number of carbonyl (C=O) groups excluding carboxylic acids is 1. The number of fused-ring (bicyclic) bond motifs is 1. The molecule has 4 aromatic rings. The molecular formula is C20H20N8O. The molecular weight excluding hydrogens is 368 g/mol. The van der Waals surface area contributed by atoms with E-state index in [1.807, 2.05) is 24.3 Å². The van der Waals surface area contributed by atoms with Gasteiger partial charge in [-0.1, -0.05) is 6.07 Å². The Bertz CT molecular complexity index is 1140. The van der Waals surface area contributed by atoms with E-state index >= 15 is 0 Å². The number of nitrogens with zero attached hydrogens (tertiary/aromatic N) is 6. The van der Waals surface area contributed by atoms with E-state index in [0.29, 0.717) is 12.5 Å². The monoisotopic (exact) mass is 388 g/mol.